The van der Waals surface area contributed by atoms with Crippen LogP contribution in [0.2, 0.25) is 0 Å². The number of amides is 1. The Hall–Kier alpha value is -3.46. The molecule has 0 aliphatic rings. The molecule has 7 nitrogen and oxygen atoms in total. The van der Waals surface area contributed by atoms with Crippen molar-refractivity contribution in [3.63, 3.8) is 0 Å². The minimum Gasteiger partial charge on any atom is -0.310 e. The summed E-state index contributed by atoms with van der Waals surface area (Å²) in [5, 5.41) is 16.0. The van der Waals surface area contributed by atoms with Gasteiger partial charge in [-0.25, -0.2) is 9.07 Å². The van der Waals surface area contributed by atoms with Crippen LogP contribution in [-0.2, 0) is 11.8 Å². The van der Waals surface area contributed by atoms with E-state index in [1.165, 1.54) is 17.8 Å². The lowest BCUT2D eigenvalue weighted by atomic mass is 10.2. The molecule has 2 aromatic heterocycles. The Morgan fingerprint density at radius 1 is 1.10 bits per heavy atom. The van der Waals surface area contributed by atoms with Crippen molar-refractivity contribution in [3.8, 4) is 17.1 Å². The molecule has 30 heavy (non-hydrogen) atoms. The molecule has 0 saturated carbocycles. The van der Waals surface area contributed by atoms with E-state index in [9.17, 15) is 9.18 Å². The summed E-state index contributed by atoms with van der Waals surface area (Å²) in [4.78, 5) is 12.5. The second-order valence-corrected chi connectivity index (χ2v) is 7.54. The molecule has 0 spiro atoms. The van der Waals surface area contributed by atoms with E-state index in [2.05, 4.69) is 20.6 Å². The molecule has 0 unspecified atom stereocenters. The van der Waals surface area contributed by atoms with Crippen LogP contribution in [-0.4, -0.2) is 36.2 Å². The van der Waals surface area contributed by atoms with Gasteiger partial charge in [0.15, 0.2) is 11.0 Å². The number of carbonyl (C=O) groups excluding carboxylic acids is 1. The predicted octanol–water partition coefficient (Wildman–Crippen LogP) is 3.85. The summed E-state index contributed by atoms with van der Waals surface area (Å²) in [6.07, 6.45) is 0. The van der Waals surface area contributed by atoms with Crippen LogP contribution in [0.4, 0.5) is 10.2 Å². The van der Waals surface area contributed by atoms with Gasteiger partial charge in [-0.2, -0.15) is 5.10 Å². The van der Waals surface area contributed by atoms with E-state index in [1.807, 2.05) is 43.3 Å². The number of carbonyl (C=O) groups is 1. The van der Waals surface area contributed by atoms with Gasteiger partial charge in [0, 0.05) is 13.1 Å². The van der Waals surface area contributed by atoms with E-state index in [0.717, 1.165) is 11.4 Å². The molecule has 0 aliphatic heterocycles. The van der Waals surface area contributed by atoms with Crippen LogP contribution in [0.25, 0.3) is 17.1 Å². The zero-order valence-corrected chi connectivity index (χ0v) is 17.2. The fourth-order valence-corrected chi connectivity index (χ4v) is 3.69. The van der Waals surface area contributed by atoms with Gasteiger partial charge in [-0.1, -0.05) is 42.1 Å². The van der Waals surface area contributed by atoms with Gasteiger partial charge in [-0.15, -0.1) is 10.2 Å². The average molecular weight is 422 g/mol. The van der Waals surface area contributed by atoms with Gasteiger partial charge < -0.3 is 9.88 Å². The largest absolute Gasteiger partial charge is 0.310 e. The highest BCUT2D eigenvalue weighted by Gasteiger charge is 2.16. The Balaban J connectivity index is 1.45. The second-order valence-electron chi connectivity index (χ2n) is 6.60. The number of halogens is 1. The van der Waals surface area contributed by atoms with Gasteiger partial charge in [-0.3, -0.25) is 4.79 Å². The Kier molecular flexibility index (Phi) is 5.62. The summed E-state index contributed by atoms with van der Waals surface area (Å²) in [6.45, 7) is 1.87. The highest BCUT2D eigenvalue weighted by atomic mass is 32.2. The van der Waals surface area contributed by atoms with Gasteiger partial charge in [0.05, 0.1) is 22.7 Å². The SMILES string of the molecule is Cc1cc(NC(=O)CSc2nnc(-c3ccccc3F)n2C)n(-c2ccccc2)n1. The first-order valence-corrected chi connectivity index (χ1v) is 10.2. The number of aromatic nitrogens is 5. The average Bonchev–Trinajstić information content (AvgIpc) is 3.29. The van der Waals surface area contributed by atoms with Crippen LogP contribution in [0.15, 0.2) is 65.8 Å². The molecule has 1 amide bonds. The van der Waals surface area contributed by atoms with Crippen LogP contribution in [0.1, 0.15) is 5.69 Å². The standard InChI is InChI=1S/C21H19FN6OS/c1-14-12-18(28(26-14)15-8-4-3-5-9-15)23-19(29)13-30-21-25-24-20(27(21)2)16-10-6-7-11-17(16)22/h3-12H,13H2,1-2H3,(H,23,29). The number of benzene rings is 2. The molecular weight excluding hydrogens is 403 g/mol. The lowest BCUT2D eigenvalue weighted by Gasteiger charge is -2.09. The predicted molar refractivity (Wildman–Crippen MR) is 114 cm³/mol. The number of rotatable bonds is 6. The lowest BCUT2D eigenvalue weighted by molar-refractivity contribution is -0.113. The third-order valence-electron chi connectivity index (χ3n) is 4.38. The minimum atomic E-state index is -0.369. The van der Waals surface area contributed by atoms with E-state index in [1.54, 1.807) is 34.5 Å². The number of hydrogen-bond acceptors (Lipinski definition) is 5. The van der Waals surface area contributed by atoms with Gasteiger partial charge in [0.2, 0.25) is 5.91 Å². The molecule has 152 valence electrons. The number of hydrogen-bond donors (Lipinski definition) is 1. The molecule has 0 atom stereocenters. The maximum atomic E-state index is 14.0. The first-order chi connectivity index (χ1) is 14.5. The van der Waals surface area contributed by atoms with Crippen molar-refractivity contribution in [1.29, 1.82) is 0 Å². The van der Waals surface area contributed by atoms with Gasteiger partial charge in [0.1, 0.15) is 11.6 Å². The molecule has 1 N–H and O–H groups in total. The number of anilines is 1. The normalized spacial score (nSPS) is 10.9. The maximum absolute atomic E-state index is 14.0. The lowest BCUT2D eigenvalue weighted by Crippen LogP contribution is -2.17. The molecule has 0 bridgehead atoms. The molecule has 9 heteroatoms. The monoisotopic (exact) mass is 422 g/mol. The van der Waals surface area contributed by atoms with Gasteiger partial charge in [0.25, 0.3) is 0 Å². The topological polar surface area (TPSA) is 77.6 Å². The minimum absolute atomic E-state index is 0.127. The van der Waals surface area contributed by atoms with Crippen molar-refractivity contribution < 1.29 is 9.18 Å². The number of aryl methyl sites for hydroxylation is 1. The zero-order chi connectivity index (χ0) is 21.1. The summed E-state index contributed by atoms with van der Waals surface area (Å²) in [6, 6.07) is 17.8. The van der Waals surface area contributed by atoms with Crippen LogP contribution in [0.5, 0.6) is 0 Å². The molecule has 4 rings (SSSR count). The Labute approximate surface area is 176 Å². The van der Waals surface area contributed by atoms with Crippen LogP contribution in [0.3, 0.4) is 0 Å². The Morgan fingerprint density at radius 2 is 1.83 bits per heavy atom. The van der Waals surface area contributed by atoms with E-state index in [4.69, 9.17) is 0 Å². The highest BCUT2D eigenvalue weighted by Crippen LogP contribution is 2.25. The number of thioether (sulfide) groups is 1. The van der Waals surface area contributed by atoms with Gasteiger partial charge >= 0.3 is 0 Å². The van der Waals surface area contributed by atoms with Gasteiger partial charge in [-0.05, 0) is 31.2 Å². The van der Waals surface area contributed by atoms with Crippen LogP contribution in [0, 0.1) is 12.7 Å². The summed E-state index contributed by atoms with van der Waals surface area (Å²) >= 11 is 1.23. The first-order valence-electron chi connectivity index (χ1n) is 9.22. The molecule has 2 heterocycles. The third-order valence-corrected chi connectivity index (χ3v) is 5.40. The second kappa shape index (κ2) is 8.50. The molecule has 4 aromatic rings. The van der Waals surface area contributed by atoms with Crippen molar-refractivity contribution in [2.24, 2.45) is 7.05 Å². The number of para-hydroxylation sites is 1. The molecule has 2 aromatic carbocycles. The fraction of sp³-hybridized carbons (Fsp3) is 0.143. The summed E-state index contributed by atoms with van der Waals surface area (Å²) < 4.78 is 17.4. The molecule has 0 radical (unpaired) electrons. The quantitative estimate of drug-likeness (QED) is 0.478. The van der Waals surface area contributed by atoms with E-state index in [0.29, 0.717) is 22.4 Å². The van der Waals surface area contributed by atoms with E-state index in [-0.39, 0.29) is 17.5 Å². The van der Waals surface area contributed by atoms with E-state index >= 15 is 0 Å². The molecular formula is C21H19FN6OS. The van der Waals surface area contributed by atoms with Crippen molar-refractivity contribution >= 4 is 23.5 Å². The molecule has 0 aliphatic carbocycles. The van der Waals surface area contributed by atoms with Crippen LogP contribution < -0.4 is 5.32 Å². The smallest absolute Gasteiger partial charge is 0.236 e. The van der Waals surface area contributed by atoms with Crippen molar-refractivity contribution in [2.45, 2.75) is 12.1 Å². The van der Waals surface area contributed by atoms with Crippen LogP contribution >= 0.6 is 11.8 Å². The van der Waals surface area contributed by atoms with Crippen molar-refractivity contribution in [3.05, 3.63) is 72.2 Å². The number of nitrogens with one attached hydrogen (secondary N) is 1. The Morgan fingerprint density at radius 3 is 2.60 bits per heavy atom. The first kappa shape index (κ1) is 19.8. The molecule has 0 saturated heterocycles. The van der Waals surface area contributed by atoms with E-state index < -0.39 is 0 Å². The third kappa shape index (κ3) is 4.11. The highest BCUT2D eigenvalue weighted by molar-refractivity contribution is 7.99. The summed E-state index contributed by atoms with van der Waals surface area (Å²) in [5.74, 6) is 0.560. The number of nitrogens with zero attached hydrogens (tertiary/aromatic N) is 5. The van der Waals surface area contributed by atoms with Crippen molar-refractivity contribution in [2.75, 3.05) is 11.1 Å². The summed E-state index contributed by atoms with van der Waals surface area (Å²) in [5.41, 5.74) is 2.02. The maximum Gasteiger partial charge on any atom is 0.236 e. The fourth-order valence-electron chi connectivity index (χ4n) is 2.98. The molecule has 0 fully saturated rings. The summed E-state index contributed by atoms with van der Waals surface area (Å²) in [7, 11) is 1.75. The van der Waals surface area contributed by atoms with Crippen molar-refractivity contribution in [1.82, 2.24) is 24.5 Å². The Bertz CT molecular complexity index is 1190. The zero-order valence-electron chi connectivity index (χ0n) is 16.4.